The monoisotopic (exact) mass is 432 g/mol. The predicted molar refractivity (Wildman–Crippen MR) is 116 cm³/mol. The molecule has 1 saturated carbocycles. The largest absolute Gasteiger partial charge is 0.492 e. The second-order valence-corrected chi connectivity index (χ2v) is 9.06. The molecule has 1 amide bonds. The Morgan fingerprint density at radius 1 is 1.27 bits per heavy atom. The van der Waals surface area contributed by atoms with Gasteiger partial charge in [0, 0.05) is 50.7 Å². The Morgan fingerprint density at radius 2 is 2.03 bits per heavy atom. The van der Waals surface area contributed by atoms with Crippen LogP contribution in [0.15, 0.2) is 17.1 Å². The Morgan fingerprint density at radius 3 is 2.67 bits per heavy atom. The zero-order valence-corrected chi connectivity index (χ0v) is 17.8. The lowest BCUT2D eigenvalue weighted by Crippen LogP contribution is -2.44. The molecule has 1 aliphatic carbocycles. The van der Waals surface area contributed by atoms with Crippen LogP contribution in [0.1, 0.15) is 29.2 Å². The van der Waals surface area contributed by atoms with Crippen molar-refractivity contribution >= 4 is 34.3 Å². The molecule has 9 heteroatoms. The van der Waals surface area contributed by atoms with Gasteiger partial charge in [-0.05, 0) is 18.9 Å². The number of thioether (sulfide) groups is 1. The summed E-state index contributed by atoms with van der Waals surface area (Å²) in [6.45, 7) is 3.48. The Kier molecular flexibility index (Phi) is 5.10. The molecule has 0 unspecified atom stereocenters. The van der Waals surface area contributed by atoms with Crippen molar-refractivity contribution in [3.63, 3.8) is 0 Å². The second-order valence-electron chi connectivity index (χ2n) is 7.99. The number of fused-ring (bicyclic) bond motifs is 1. The third-order valence-corrected chi connectivity index (χ3v) is 7.01. The van der Waals surface area contributed by atoms with Gasteiger partial charge in [0.2, 0.25) is 5.43 Å². The summed E-state index contributed by atoms with van der Waals surface area (Å²) in [5, 5.41) is 3.49. The first-order chi connectivity index (χ1) is 14.6. The first-order valence-corrected chi connectivity index (χ1v) is 11.5. The van der Waals surface area contributed by atoms with Gasteiger partial charge in [0.15, 0.2) is 11.6 Å². The van der Waals surface area contributed by atoms with Gasteiger partial charge in [-0.3, -0.25) is 9.59 Å². The van der Waals surface area contributed by atoms with Gasteiger partial charge in [0.25, 0.3) is 5.91 Å². The Labute approximate surface area is 178 Å². The summed E-state index contributed by atoms with van der Waals surface area (Å²) >= 11 is 1.67. The third-order valence-electron chi connectivity index (χ3n) is 6.05. The van der Waals surface area contributed by atoms with E-state index >= 15 is 4.39 Å². The number of pyridine rings is 1. The SMILES string of the molecule is COc1c(N2CCNCC2)c(F)cc2c(=O)c(C(=O)N3CCSC3)cn(C3CC3)c12. The first kappa shape index (κ1) is 19.7. The van der Waals surface area contributed by atoms with Gasteiger partial charge in [-0.2, -0.15) is 0 Å². The number of methoxy groups -OCH3 is 1. The fourth-order valence-electron chi connectivity index (χ4n) is 4.36. The molecule has 1 aromatic carbocycles. The number of amides is 1. The number of carbonyl (C=O) groups excluding carboxylic acids is 1. The molecule has 2 aliphatic heterocycles. The van der Waals surface area contributed by atoms with Gasteiger partial charge in [-0.1, -0.05) is 0 Å². The van der Waals surface area contributed by atoms with Gasteiger partial charge in [0.05, 0.1) is 23.9 Å². The van der Waals surface area contributed by atoms with Crippen LogP contribution < -0.4 is 20.4 Å². The van der Waals surface area contributed by atoms with Crippen molar-refractivity contribution in [2.45, 2.75) is 18.9 Å². The molecule has 0 bridgehead atoms. The molecule has 160 valence electrons. The van der Waals surface area contributed by atoms with Gasteiger partial charge in [-0.15, -0.1) is 11.8 Å². The molecular weight excluding hydrogens is 407 g/mol. The van der Waals surface area contributed by atoms with E-state index in [0.717, 1.165) is 31.7 Å². The number of anilines is 1. The topological polar surface area (TPSA) is 66.8 Å². The number of aromatic nitrogens is 1. The molecule has 30 heavy (non-hydrogen) atoms. The van der Waals surface area contributed by atoms with Crippen molar-refractivity contribution in [3.05, 3.63) is 33.9 Å². The van der Waals surface area contributed by atoms with Crippen LogP contribution >= 0.6 is 11.8 Å². The van der Waals surface area contributed by atoms with E-state index in [1.165, 1.54) is 13.2 Å². The average molecular weight is 433 g/mol. The van der Waals surface area contributed by atoms with Crippen LogP contribution in [0.25, 0.3) is 10.9 Å². The number of carbonyl (C=O) groups is 1. The van der Waals surface area contributed by atoms with Crippen molar-refractivity contribution in [1.29, 1.82) is 0 Å². The summed E-state index contributed by atoms with van der Waals surface area (Å²) in [6.07, 6.45) is 3.61. The summed E-state index contributed by atoms with van der Waals surface area (Å²) in [4.78, 5) is 30.0. The standard InChI is InChI=1S/C21H25FN4O3S/c1-29-20-17-14(10-16(22)18(20)24-6-4-23-5-7-24)19(27)15(11-26(17)13-2-3-13)21(28)25-8-9-30-12-25/h10-11,13,23H,2-9,12H2,1H3. The molecule has 0 atom stereocenters. The van der Waals surface area contributed by atoms with Gasteiger partial charge < -0.3 is 24.4 Å². The Bertz CT molecular complexity index is 1060. The number of ether oxygens (including phenoxy) is 1. The molecule has 3 heterocycles. The number of benzene rings is 1. The quantitative estimate of drug-likeness (QED) is 0.798. The fraction of sp³-hybridized carbons (Fsp3) is 0.524. The minimum atomic E-state index is -0.484. The summed E-state index contributed by atoms with van der Waals surface area (Å²) in [7, 11) is 1.52. The number of hydrogen-bond acceptors (Lipinski definition) is 6. The maximum absolute atomic E-state index is 15.3. The zero-order valence-electron chi connectivity index (χ0n) is 16.9. The van der Waals surface area contributed by atoms with Crippen LogP contribution in [0, 0.1) is 5.82 Å². The van der Waals surface area contributed by atoms with Crippen LogP contribution in [0.2, 0.25) is 0 Å². The molecular formula is C21H25FN4O3S. The molecule has 5 rings (SSSR count). The molecule has 1 N–H and O–H groups in total. The van der Waals surface area contributed by atoms with E-state index in [4.69, 9.17) is 4.74 Å². The van der Waals surface area contributed by atoms with Crippen LogP contribution in [-0.4, -0.2) is 66.8 Å². The van der Waals surface area contributed by atoms with E-state index in [2.05, 4.69) is 5.32 Å². The number of nitrogens with zero attached hydrogens (tertiary/aromatic N) is 3. The molecule has 0 spiro atoms. The minimum absolute atomic E-state index is 0.119. The fourth-order valence-corrected chi connectivity index (χ4v) is 5.30. The number of piperazine rings is 1. The Balaban J connectivity index is 1.73. The smallest absolute Gasteiger partial charge is 0.260 e. The lowest BCUT2D eigenvalue weighted by Gasteiger charge is -2.31. The summed E-state index contributed by atoms with van der Waals surface area (Å²) in [5.74, 6) is 1.08. The predicted octanol–water partition coefficient (Wildman–Crippen LogP) is 2.04. The van der Waals surface area contributed by atoms with E-state index in [0.29, 0.717) is 42.5 Å². The lowest BCUT2D eigenvalue weighted by atomic mass is 10.1. The molecule has 3 aliphatic rings. The summed E-state index contributed by atoms with van der Waals surface area (Å²) < 4.78 is 23.0. The minimum Gasteiger partial charge on any atom is -0.492 e. The highest BCUT2D eigenvalue weighted by Gasteiger charge is 2.32. The summed E-state index contributed by atoms with van der Waals surface area (Å²) in [6, 6.07) is 1.49. The van der Waals surface area contributed by atoms with Crippen LogP contribution in [0.4, 0.5) is 10.1 Å². The van der Waals surface area contributed by atoms with Crippen LogP contribution in [0.3, 0.4) is 0 Å². The van der Waals surface area contributed by atoms with E-state index < -0.39 is 11.2 Å². The first-order valence-electron chi connectivity index (χ1n) is 10.4. The lowest BCUT2D eigenvalue weighted by molar-refractivity contribution is 0.0801. The molecule has 7 nitrogen and oxygen atoms in total. The number of hydrogen-bond donors (Lipinski definition) is 1. The molecule has 2 aromatic rings. The van der Waals surface area contributed by atoms with E-state index in [1.807, 2.05) is 9.47 Å². The van der Waals surface area contributed by atoms with Crippen molar-refractivity contribution in [3.8, 4) is 5.75 Å². The Hall–Kier alpha value is -2.26. The van der Waals surface area contributed by atoms with Crippen molar-refractivity contribution in [2.75, 3.05) is 56.4 Å². The van der Waals surface area contributed by atoms with Crippen LogP contribution in [0.5, 0.6) is 5.75 Å². The highest BCUT2D eigenvalue weighted by Crippen LogP contribution is 2.43. The molecule has 0 radical (unpaired) electrons. The van der Waals surface area contributed by atoms with Gasteiger partial charge in [0.1, 0.15) is 11.3 Å². The third kappa shape index (κ3) is 3.24. The molecule has 1 aromatic heterocycles. The van der Waals surface area contributed by atoms with Crippen LogP contribution in [-0.2, 0) is 0 Å². The van der Waals surface area contributed by atoms with E-state index in [9.17, 15) is 9.59 Å². The van der Waals surface area contributed by atoms with Crippen molar-refractivity contribution in [2.24, 2.45) is 0 Å². The van der Waals surface area contributed by atoms with E-state index in [-0.39, 0.29) is 22.9 Å². The maximum Gasteiger partial charge on any atom is 0.260 e. The number of rotatable bonds is 4. The van der Waals surface area contributed by atoms with Crippen molar-refractivity contribution < 1.29 is 13.9 Å². The van der Waals surface area contributed by atoms with Gasteiger partial charge >= 0.3 is 0 Å². The summed E-state index contributed by atoms with van der Waals surface area (Å²) in [5.41, 5.74) is 0.684. The number of halogens is 1. The van der Waals surface area contributed by atoms with Crippen molar-refractivity contribution in [1.82, 2.24) is 14.8 Å². The molecule has 3 fully saturated rings. The second kappa shape index (κ2) is 7.77. The highest BCUT2D eigenvalue weighted by molar-refractivity contribution is 7.99. The van der Waals surface area contributed by atoms with Gasteiger partial charge in [-0.25, -0.2) is 4.39 Å². The highest BCUT2D eigenvalue weighted by atomic mass is 32.2. The molecule has 2 saturated heterocycles. The average Bonchev–Trinajstić information content (AvgIpc) is 3.46. The van der Waals surface area contributed by atoms with E-state index in [1.54, 1.807) is 22.9 Å². The number of nitrogens with one attached hydrogen (secondary N) is 1. The maximum atomic E-state index is 15.3. The normalized spacial score (nSPS) is 19.5. The zero-order chi connectivity index (χ0) is 20.8.